The molecule has 1 aromatic rings. The number of rotatable bonds is 4. The summed E-state index contributed by atoms with van der Waals surface area (Å²) in [6.45, 7) is 3.12. The molecule has 0 amide bonds. The molecule has 15 heavy (non-hydrogen) atoms. The molecule has 1 aromatic heterocycles. The molecule has 2 rings (SSSR count). The molecule has 2 atom stereocenters. The number of aryl methyl sites for hydroxylation is 1. The zero-order valence-electron chi connectivity index (χ0n) is 9.09. The molecule has 5 heteroatoms. The first-order chi connectivity index (χ1) is 7.31. The molecular formula is C10H18N4S. The standard InChI is InChI=1S/C10H18N4S/c1-2-3-14-10(12-7-13-14)4-8-5-15-6-9(8)11/h7-9H,2-6,11H2,1H3. The Balaban J connectivity index is 2.00. The predicted octanol–water partition coefficient (Wildman–Crippen LogP) is 0.921. The molecular weight excluding hydrogens is 208 g/mol. The van der Waals surface area contributed by atoms with Crippen molar-refractivity contribution < 1.29 is 0 Å². The minimum atomic E-state index is 0.335. The van der Waals surface area contributed by atoms with Gasteiger partial charge in [0.15, 0.2) is 0 Å². The average Bonchev–Trinajstić information content (AvgIpc) is 2.80. The topological polar surface area (TPSA) is 56.7 Å². The maximum Gasteiger partial charge on any atom is 0.138 e. The van der Waals surface area contributed by atoms with Crippen LogP contribution in [-0.2, 0) is 13.0 Å². The summed E-state index contributed by atoms with van der Waals surface area (Å²) in [4.78, 5) is 4.32. The summed E-state index contributed by atoms with van der Waals surface area (Å²) in [5.41, 5.74) is 6.04. The van der Waals surface area contributed by atoms with E-state index in [4.69, 9.17) is 5.73 Å². The lowest BCUT2D eigenvalue weighted by Crippen LogP contribution is -2.30. The molecule has 1 aliphatic heterocycles. The highest BCUT2D eigenvalue weighted by molar-refractivity contribution is 7.99. The Labute approximate surface area is 94.6 Å². The Bertz CT molecular complexity index is 312. The summed E-state index contributed by atoms with van der Waals surface area (Å²) in [6.07, 6.45) is 3.73. The molecule has 2 heterocycles. The minimum absolute atomic E-state index is 0.335. The van der Waals surface area contributed by atoms with E-state index in [-0.39, 0.29) is 0 Å². The summed E-state index contributed by atoms with van der Waals surface area (Å²) >= 11 is 1.95. The van der Waals surface area contributed by atoms with Crippen molar-refractivity contribution in [1.29, 1.82) is 0 Å². The van der Waals surface area contributed by atoms with Crippen molar-refractivity contribution in [2.24, 2.45) is 11.7 Å². The molecule has 2 unspecified atom stereocenters. The second-order valence-corrected chi connectivity index (χ2v) is 5.14. The second kappa shape index (κ2) is 4.99. The Kier molecular flexibility index (Phi) is 3.64. The van der Waals surface area contributed by atoms with Gasteiger partial charge in [0.25, 0.3) is 0 Å². The Morgan fingerprint density at radius 3 is 3.13 bits per heavy atom. The smallest absolute Gasteiger partial charge is 0.138 e. The quantitative estimate of drug-likeness (QED) is 0.829. The monoisotopic (exact) mass is 226 g/mol. The lowest BCUT2D eigenvalue weighted by molar-refractivity contribution is 0.473. The molecule has 4 nitrogen and oxygen atoms in total. The SMILES string of the molecule is CCCn1ncnc1CC1CSCC1N. The molecule has 1 aliphatic rings. The van der Waals surface area contributed by atoms with Crippen LogP contribution in [0.1, 0.15) is 19.2 Å². The molecule has 0 radical (unpaired) electrons. The summed E-state index contributed by atoms with van der Waals surface area (Å²) < 4.78 is 2.01. The molecule has 1 fully saturated rings. The first kappa shape index (κ1) is 11.0. The fraction of sp³-hybridized carbons (Fsp3) is 0.800. The third kappa shape index (κ3) is 2.52. The van der Waals surface area contributed by atoms with Gasteiger partial charge in [-0.05, 0) is 18.1 Å². The van der Waals surface area contributed by atoms with E-state index in [0.29, 0.717) is 12.0 Å². The van der Waals surface area contributed by atoms with E-state index in [1.807, 2.05) is 16.4 Å². The van der Waals surface area contributed by atoms with E-state index < -0.39 is 0 Å². The van der Waals surface area contributed by atoms with Crippen molar-refractivity contribution >= 4 is 11.8 Å². The van der Waals surface area contributed by atoms with Crippen LogP contribution >= 0.6 is 11.8 Å². The van der Waals surface area contributed by atoms with Crippen LogP contribution in [0.25, 0.3) is 0 Å². The van der Waals surface area contributed by atoms with Crippen molar-refractivity contribution in [1.82, 2.24) is 14.8 Å². The molecule has 0 aliphatic carbocycles. The van der Waals surface area contributed by atoms with Crippen molar-refractivity contribution in [3.8, 4) is 0 Å². The second-order valence-electron chi connectivity index (χ2n) is 4.06. The van der Waals surface area contributed by atoms with Crippen LogP contribution < -0.4 is 5.73 Å². The van der Waals surface area contributed by atoms with Crippen LogP contribution in [0.2, 0.25) is 0 Å². The van der Waals surface area contributed by atoms with E-state index in [0.717, 1.165) is 31.0 Å². The third-order valence-electron chi connectivity index (χ3n) is 2.82. The normalized spacial score (nSPS) is 26.0. The van der Waals surface area contributed by atoms with Crippen LogP contribution in [0.4, 0.5) is 0 Å². The lowest BCUT2D eigenvalue weighted by atomic mass is 10.0. The predicted molar refractivity (Wildman–Crippen MR) is 62.8 cm³/mol. The van der Waals surface area contributed by atoms with Gasteiger partial charge >= 0.3 is 0 Å². The van der Waals surface area contributed by atoms with E-state index in [2.05, 4.69) is 17.0 Å². The van der Waals surface area contributed by atoms with Gasteiger partial charge in [-0.2, -0.15) is 16.9 Å². The van der Waals surface area contributed by atoms with Gasteiger partial charge in [0.1, 0.15) is 12.2 Å². The summed E-state index contributed by atoms with van der Waals surface area (Å²) in [7, 11) is 0. The van der Waals surface area contributed by atoms with Gasteiger partial charge in [-0.1, -0.05) is 6.92 Å². The summed E-state index contributed by atoms with van der Waals surface area (Å²) in [6, 6.07) is 0.335. The van der Waals surface area contributed by atoms with Crippen LogP contribution in [0.5, 0.6) is 0 Å². The van der Waals surface area contributed by atoms with Gasteiger partial charge in [0, 0.05) is 24.8 Å². The highest BCUT2D eigenvalue weighted by atomic mass is 32.2. The largest absolute Gasteiger partial charge is 0.327 e. The number of nitrogens with two attached hydrogens (primary N) is 1. The lowest BCUT2D eigenvalue weighted by Gasteiger charge is -2.13. The summed E-state index contributed by atoms with van der Waals surface area (Å²) in [5, 5.41) is 4.23. The molecule has 0 saturated carbocycles. The van der Waals surface area contributed by atoms with Crippen molar-refractivity contribution in [2.45, 2.75) is 32.4 Å². The average molecular weight is 226 g/mol. The summed E-state index contributed by atoms with van der Waals surface area (Å²) in [5.74, 6) is 3.93. The van der Waals surface area contributed by atoms with E-state index in [9.17, 15) is 0 Å². The first-order valence-electron chi connectivity index (χ1n) is 5.51. The molecule has 2 N–H and O–H groups in total. The minimum Gasteiger partial charge on any atom is -0.327 e. The maximum atomic E-state index is 6.04. The van der Waals surface area contributed by atoms with Gasteiger partial charge in [-0.25, -0.2) is 4.98 Å². The van der Waals surface area contributed by atoms with Crippen molar-refractivity contribution in [3.63, 3.8) is 0 Å². The molecule has 0 bridgehead atoms. The zero-order chi connectivity index (χ0) is 10.7. The highest BCUT2D eigenvalue weighted by Crippen LogP contribution is 2.25. The number of nitrogens with zero attached hydrogens (tertiary/aromatic N) is 3. The number of hydrogen-bond acceptors (Lipinski definition) is 4. The van der Waals surface area contributed by atoms with Crippen LogP contribution in [0, 0.1) is 5.92 Å². The fourth-order valence-corrected chi connectivity index (χ4v) is 3.25. The Morgan fingerprint density at radius 1 is 1.60 bits per heavy atom. The van der Waals surface area contributed by atoms with Gasteiger partial charge in [-0.15, -0.1) is 0 Å². The fourth-order valence-electron chi connectivity index (χ4n) is 1.90. The van der Waals surface area contributed by atoms with Crippen LogP contribution in [-0.4, -0.2) is 32.3 Å². The molecule has 84 valence electrons. The van der Waals surface area contributed by atoms with Crippen molar-refractivity contribution in [2.75, 3.05) is 11.5 Å². The first-order valence-corrected chi connectivity index (χ1v) is 6.66. The zero-order valence-corrected chi connectivity index (χ0v) is 9.91. The molecule has 0 aromatic carbocycles. The molecule has 0 spiro atoms. The van der Waals surface area contributed by atoms with E-state index >= 15 is 0 Å². The number of hydrogen-bond donors (Lipinski definition) is 1. The molecule has 1 saturated heterocycles. The number of aromatic nitrogens is 3. The maximum absolute atomic E-state index is 6.04. The van der Waals surface area contributed by atoms with Gasteiger partial charge in [0.2, 0.25) is 0 Å². The van der Waals surface area contributed by atoms with E-state index in [1.54, 1.807) is 6.33 Å². The Morgan fingerprint density at radius 2 is 2.47 bits per heavy atom. The van der Waals surface area contributed by atoms with Crippen molar-refractivity contribution in [3.05, 3.63) is 12.2 Å². The third-order valence-corrected chi connectivity index (χ3v) is 4.11. The van der Waals surface area contributed by atoms with Crippen LogP contribution in [0.3, 0.4) is 0 Å². The van der Waals surface area contributed by atoms with Crippen LogP contribution in [0.15, 0.2) is 6.33 Å². The van der Waals surface area contributed by atoms with Gasteiger partial charge in [0.05, 0.1) is 0 Å². The Hall–Kier alpha value is -0.550. The number of thioether (sulfide) groups is 1. The highest BCUT2D eigenvalue weighted by Gasteiger charge is 2.26. The van der Waals surface area contributed by atoms with Gasteiger partial charge in [-0.3, -0.25) is 4.68 Å². The van der Waals surface area contributed by atoms with Gasteiger partial charge < -0.3 is 5.73 Å². The van der Waals surface area contributed by atoms with E-state index in [1.165, 1.54) is 5.75 Å².